The van der Waals surface area contributed by atoms with Gasteiger partial charge in [0.2, 0.25) is 0 Å². The van der Waals surface area contributed by atoms with Crippen molar-refractivity contribution in [3.63, 3.8) is 0 Å². The summed E-state index contributed by atoms with van der Waals surface area (Å²) in [6.07, 6.45) is 0. The van der Waals surface area contributed by atoms with E-state index in [0.717, 1.165) is 27.9 Å². The molecule has 0 atom stereocenters. The highest BCUT2D eigenvalue weighted by Gasteiger charge is 2.12. The van der Waals surface area contributed by atoms with E-state index in [1.54, 1.807) is 12.1 Å². The summed E-state index contributed by atoms with van der Waals surface area (Å²) in [6.45, 7) is 0. The summed E-state index contributed by atoms with van der Waals surface area (Å²) >= 11 is 0. The second kappa shape index (κ2) is 4.66. The van der Waals surface area contributed by atoms with Crippen molar-refractivity contribution in [2.75, 3.05) is 0 Å². The number of non-ortho nitro benzene ring substituents is 1. The molecule has 0 aliphatic heterocycles. The zero-order valence-corrected chi connectivity index (χ0v) is 11.5. The monoisotopic (exact) mass is 289 g/mol. The van der Waals surface area contributed by atoms with Gasteiger partial charge in [0.1, 0.15) is 5.65 Å². The molecule has 22 heavy (non-hydrogen) atoms. The Kier molecular flexibility index (Phi) is 2.66. The topological polar surface area (TPSA) is 60.4 Å². The minimum atomic E-state index is -0.379. The maximum absolute atomic E-state index is 11.0. The number of fused-ring (bicyclic) bond motifs is 3. The largest absolute Gasteiger partial charge is 0.292 e. The van der Waals surface area contributed by atoms with E-state index < -0.39 is 0 Å². The molecule has 0 fully saturated rings. The van der Waals surface area contributed by atoms with Gasteiger partial charge >= 0.3 is 0 Å². The number of hydrogen-bond donors (Lipinski definition) is 0. The van der Waals surface area contributed by atoms with Crippen LogP contribution in [0.25, 0.3) is 27.9 Å². The fraction of sp³-hybridized carbons (Fsp3) is 0. The number of rotatable bonds is 2. The van der Waals surface area contributed by atoms with E-state index in [1.165, 1.54) is 6.07 Å². The van der Waals surface area contributed by atoms with Gasteiger partial charge in [0.15, 0.2) is 0 Å². The van der Waals surface area contributed by atoms with E-state index in [9.17, 15) is 10.1 Å². The van der Waals surface area contributed by atoms with Gasteiger partial charge in [0.05, 0.1) is 21.7 Å². The zero-order chi connectivity index (χ0) is 15.1. The maximum Gasteiger partial charge on any atom is 0.270 e. The molecule has 0 amide bonds. The maximum atomic E-state index is 11.0. The van der Waals surface area contributed by atoms with E-state index >= 15 is 0 Å². The number of imidazole rings is 1. The molecule has 4 rings (SSSR count). The van der Waals surface area contributed by atoms with E-state index in [-0.39, 0.29) is 10.6 Å². The molecule has 106 valence electrons. The van der Waals surface area contributed by atoms with Crippen LogP contribution in [0.1, 0.15) is 0 Å². The van der Waals surface area contributed by atoms with Crippen LogP contribution in [0.5, 0.6) is 0 Å². The first kappa shape index (κ1) is 12.5. The number of nitro benzene ring substituents is 1. The molecule has 2 aromatic heterocycles. The lowest BCUT2D eigenvalue weighted by molar-refractivity contribution is -0.384. The summed E-state index contributed by atoms with van der Waals surface area (Å²) < 4.78 is 2.02. The summed E-state index contributed by atoms with van der Waals surface area (Å²) in [6, 6.07) is 20.3. The zero-order valence-electron chi connectivity index (χ0n) is 11.5. The van der Waals surface area contributed by atoms with Crippen LogP contribution in [0, 0.1) is 10.1 Å². The molecule has 0 aliphatic carbocycles. The van der Waals surface area contributed by atoms with Crippen LogP contribution >= 0.6 is 0 Å². The number of benzene rings is 2. The van der Waals surface area contributed by atoms with Crippen molar-refractivity contribution in [1.82, 2.24) is 9.38 Å². The molecular formula is C17H11N3O2. The van der Waals surface area contributed by atoms with Crippen LogP contribution in [0.3, 0.4) is 0 Å². The van der Waals surface area contributed by atoms with Crippen molar-refractivity contribution in [3.05, 3.63) is 76.8 Å². The molecule has 0 spiro atoms. The smallest absolute Gasteiger partial charge is 0.270 e. The second-order valence-electron chi connectivity index (χ2n) is 5.01. The third-order valence-corrected chi connectivity index (χ3v) is 3.68. The van der Waals surface area contributed by atoms with Gasteiger partial charge in [0, 0.05) is 17.7 Å². The summed E-state index contributed by atoms with van der Waals surface area (Å²) in [5.41, 5.74) is 4.47. The molecule has 0 saturated carbocycles. The van der Waals surface area contributed by atoms with Gasteiger partial charge in [-0.25, -0.2) is 4.98 Å². The predicted molar refractivity (Wildman–Crippen MR) is 84.8 cm³/mol. The van der Waals surface area contributed by atoms with Crippen LogP contribution in [-0.4, -0.2) is 14.3 Å². The highest BCUT2D eigenvalue weighted by atomic mass is 16.6. The van der Waals surface area contributed by atoms with Crippen LogP contribution in [-0.2, 0) is 0 Å². The van der Waals surface area contributed by atoms with Crippen molar-refractivity contribution in [3.8, 4) is 11.3 Å². The van der Waals surface area contributed by atoms with Gasteiger partial charge < -0.3 is 0 Å². The Morgan fingerprint density at radius 3 is 2.64 bits per heavy atom. The molecule has 4 aromatic rings. The van der Waals surface area contributed by atoms with Gasteiger partial charge in [-0.1, -0.05) is 30.3 Å². The van der Waals surface area contributed by atoms with Crippen LogP contribution in [0.2, 0.25) is 0 Å². The van der Waals surface area contributed by atoms with Gasteiger partial charge in [0.25, 0.3) is 5.69 Å². The lowest BCUT2D eigenvalue weighted by atomic mass is 10.1. The summed E-state index contributed by atoms with van der Waals surface area (Å²) in [5, 5.41) is 11.0. The Balaban J connectivity index is 2.06. The van der Waals surface area contributed by atoms with Gasteiger partial charge in [-0.2, -0.15) is 0 Å². The van der Waals surface area contributed by atoms with Crippen molar-refractivity contribution in [2.45, 2.75) is 0 Å². The fourth-order valence-electron chi connectivity index (χ4n) is 2.71. The number of nitrogens with zero attached hydrogens (tertiary/aromatic N) is 3. The van der Waals surface area contributed by atoms with Gasteiger partial charge in [-0.15, -0.1) is 0 Å². The molecule has 0 radical (unpaired) electrons. The molecule has 0 aliphatic rings. The van der Waals surface area contributed by atoms with Gasteiger partial charge in [-0.05, 0) is 24.3 Å². The highest BCUT2D eigenvalue weighted by molar-refractivity contribution is 5.83. The molecule has 2 heterocycles. The SMILES string of the molecule is O=[N+]([O-])c1cccc(-c2cccc3nc4ccccc4n23)c1. The molecule has 0 saturated heterocycles. The van der Waals surface area contributed by atoms with Crippen LogP contribution < -0.4 is 0 Å². The fourth-order valence-corrected chi connectivity index (χ4v) is 2.71. The molecular weight excluding hydrogens is 278 g/mol. The Morgan fingerprint density at radius 2 is 1.77 bits per heavy atom. The highest BCUT2D eigenvalue weighted by Crippen LogP contribution is 2.27. The Labute approximate surface area is 125 Å². The van der Waals surface area contributed by atoms with E-state index in [0.29, 0.717) is 0 Å². The van der Waals surface area contributed by atoms with Crippen LogP contribution in [0.15, 0.2) is 66.7 Å². The minimum Gasteiger partial charge on any atom is -0.292 e. The molecule has 5 nitrogen and oxygen atoms in total. The Hall–Kier alpha value is -3.21. The third-order valence-electron chi connectivity index (χ3n) is 3.68. The number of para-hydroxylation sites is 2. The van der Waals surface area contributed by atoms with Crippen molar-refractivity contribution in [1.29, 1.82) is 0 Å². The first-order valence-electron chi connectivity index (χ1n) is 6.85. The standard InChI is InChI=1S/C17H11N3O2/c21-20(22)13-6-3-5-12(11-13)15-9-4-10-17-18-14-7-1-2-8-16(14)19(15)17/h1-11H. The number of hydrogen-bond acceptors (Lipinski definition) is 3. The molecule has 0 bridgehead atoms. The van der Waals surface area contributed by atoms with Crippen molar-refractivity contribution in [2.24, 2.45) is 0 Å². The van der Waals surface area contributed by atoms with E-state index in [4.69, 9.17) is 0 Å². The van der Waals surface area contributed by atoms with E-state index in [2.05, 4.69) is 4.98 Å². The van der Waals surface area contributed by atoms with Crippen molar-refractivity contribution < 1.29 is 4.92 Å². The van der Waals surface area contributed by atoms with Crippen molar-refractivity contribution >= 4 is 22.4 Å². The number of aromatic nitrogens is 2. The number of nitro groups is 1. The molecule has 0 unspecified atom stereocenters. The molecule has 5 heteroatoms. The van der Waals surface area contributed by atoms with Gasteiger partial charge in [-0.3, -0.25) is 14.5 Å². The molecule has 0 N–H and O–H groups in total. The number of pyridine rings is 1. The minimum absolute atomic E-state index is 0.0823. The quantitative estimate of drug-likeness (QED) is 0.413. The Morgan fingerprint density at radius 1 is 0.955 bits per heavy atom. The lowest BCUT2D eigenvalue weighted by Gasteiger charge is -2.06. The second-order valence-corrected chi connectivity index (χ2v) is 5.01. The summed E-state index contributed by atoms with van der Waals surface area (Å²) in [5.74, 6) is 0. The lowest BCUT2D eigenvalue weighted by Crippen LogP contribution is -1.93. The van der Waals surface area contributed by atoms with Crippen LogP contribution in [0.4, 0.5) is 5.69 Å². The molecule has 2 aromatic carbocycles. The first-order chi connectivity index (χ1) is 10.7. The predicted octanol–water partition coefficient (Wildman–Crippen LogP) is 4.06. The summed E-state index contributed by atoms with van der Waals surface area (Å²) in [4.78, 5) is 15.2. The first-order valence-corrected chi connectivity index (χ1v) is 6.85. The Bertz CT molecular complexity index is 1020. The van der Waals surface area contributed by atoms with E-state index in [1.807, 2.05) is 52.9 Å². The average molecular weight is 289 g/mol. The third kappa shape index (κ3) is 1.83. The normalized spacial score (nSPS) is 11.1. The summed E-state index contributed by atoms with van der Waals surface area (Å²) in [7, 11) is 0. The average Bonchev–Trinajstić information content (AvgIpc) is 2.93.